The molecule has 0 spiro atoms. The van der Waals surface area contributed by atoms with Crippen molar-refractivity contribution in [1.82, 2.24) is 0 Å². The van der Waals surface area contributed by atoms with Crippen molar-refractivity contribution >= 4 is 23.2 Å². The second-order valence-electron chi connectivity index (χ2n) is 2.20. The fourth-order valence-corrected chi connectivity index (χ4v) is 0.709. The fourth-order valence-electron chi connectivity index (χ4n) is 0.418. The highest BCUT2D eigenvalue weighted by Crippen LogP contribution is 2.16. The van der Waals surface area contributed by atoms with E-state index >= 15 is 0 Å². The predicted octanol–water partition coefficient (Wildman–Crippen LogP) is 2.69. The fraction of sp³-hybridized carbons (Fsp3) is 0.833. The van der Waals surface area contributed by atoms with E-state index in [-0.39, 0.29) is 10.8 Å². The van der Waals surface area contributed by atoms with Crippen LogP contribution < -0.4 is 0 Å². The van der Waals surface area contributed by atoms with E-state index in [0.717, 1.165) is 0 Å². The Kier molecular flexibility index (Phi) is 3.84. The molecular weight excluding hydrogens is 143 g/mol. The van der Waals surface area contributed by atoms with E-state index in [2.05, 4.69) is 6.92 Å². The monoisotopic (exact) mass is 153 g/mol. The summed E-state index contributed by atoms with van der Waals surface area (Å²) in [6.45, 7) is 7.65. The van der Waals surface area contributed by atoms with E-state index in [1.165, 1.54) is 0 Å². The van der Waals surface area contributed by atoms with Crippen LogP contribution in [-0.4, -0.2) is 10.8 Å². The molecule has 0 saturated carbocycles. The van der Waals surface area contributed by atoms with Crippen LogP contribution in [0.25, 0.3) is 0 Å². The largest absolute Gasteiger partial charge is 0.121 e. The lowest BCUT2D eigenvalue weighted by molar-refractivity contribution is 0.606. The summed E-state index contributed by atoms with van der Waals surface area (Å²) in [7, 11) is 0. The van der Waals surface area contributed by atoms with Crippen LogP contribution in [0.1, 0.15) is 13.8 Å². The third-order valence-corrected chi connectivity index (χ3v) is 2.19. The van der Waals surface area contributed by atoms with Gasteiger partial charge in [0.2, 0.25) is 0 Å². The maximum atomic E-state index is 5.76. The first-order valence-electron chi connectivity index (χ1n) is 2.67. The minimum Gasteiger partial charge on any atom is -0.121 e. The molecule has 0 rings (SSSR count). The van der Waals surface area contributed by atoms with Crippen LogP contribution in [0, 0.1) is 12.8 Å². The van der Waals surface area contributed by atoms with Crippen LogP contribution in [-0.2, 0) is 0 Å². The smallest absolute Gasteiger partial charge is 0.0522 e. The zero-order valence-corrected chi connectivity index (χ0v) is 6.71. The Hall–Kier alpha value is 0.580. The molecule has 2 heteroatoms. The lowest BCUT2D eigenvalue weighted by Gasteiger charge is -2.14. The summed E-state index contributed by atoms with van der Waals surface area (Å²) in [5.41, 5.74) is 0. The van der Waals surface area contributed by atoms with Crippen molar-refractivity contribution in [3.63, 3.8) is 0 Å². The van der Waals surface area contributed by atoms with Gasteiger partial charge in [-0.3, -0.25) is 0 Å². The molecular formula is C6H11Cl2. The molecule has 0 N–H and O–H groups in total. The molecule has 0 saturated heterocycles. The van der Waals surface area contributed by atoms with Crippen LogP contribution in [0.2, 0.25) is 0 Å². The normalized spacial score (nSPS) is 18.8. The molecule has 0 aromatic carbocycles. The average molecular weight is 154 g/mol. The van der Waals surface area contributed by atoms with Gasteiger partial charge in [0, 0.05) is 0 Å². The van der Waals surface area contributed by atoms with Gasteiger partial charge in [-0.05, 0) is 12.8 Å². The van der Waals surface area contributed by atoms with Gasteiger partial charge in [0.25, 0.3) is 0 Å². The van der Waals surface area contributed by atoms with Gasteiger partial charge in [-0.1, -0.05) is 13.8 Å². The van der Waals surface area contributed by atoms with Gasteiger partial charge in [-0.25, -0.2) is 0 Å². The standard InChI is InChI=1S/C6H11Cl2/c1-4(2)6(8)5(3)7/h4-6H,3H2,1-2H3. The molecule has 0 heterocycles. The van der Waals surface area contributed by atoms with Crippen LogP contribution in [0.3, 0.4) is 0 Å². The van der Waals surface area contributed by atoms with Crippen molar-refractivity contribution in [2.24, 2.45) is 5.92 Å². The van der Waals surface area contributed by atoms with Crippen molar-refractivity contribution in [3.05, 3.63) is 6.92 Å². The highest BCUT2D eigenvalue weighted by atomic mass is 35.5. The second kappa shape index (κ2) is 3.58. The molecule has 1 radical (unpaired) electrons. The summed E-state index contributed by atoms with van der Waals surface area (Å²) in [5, 5.41) is -0.173. The van der Waals surface area contributed by atoms with Gasteiger partial charge in [0.05, 0.1) is 10.8 Å². The minimum absolute atomic E-state index is 0.00309. The third-order valence-electron chi connectivity index (χ3n) is 0.982. The maximum absolute atomic E-state index is 5.76. The first kappa shape index (κ1) is 8.58. The summed E-state index contributed by atoms with van der Waals surface area (Å²) in [4.78, 5) is 0. The lowest BCUT2D eigenvalue weighted by Crippen LogP contribution is -2.17. The molecule has 0 nitrogen and oxygen atoms in total. The van der Waals surface area contributed by atoms with Crippen LogP contribution >= 0.6 is 23.2 Å². The first-order valence-corrected chi connectivity index (χ1v) is 3.54. The number of halogens is 2. The van der Waals surface area contributed by atoms with E-state index in [1.54, 1.807) is 0 Å². The van der Waals surface area contributed by atoms with Gasteiger partial charge in [-0.15, -0.1) is 23.2 Å². The van der Waals surface area contributed by atoms with E-state index in [4.69, 9.17) is 23.2 Å². The van der Waals surface area contributed by atoms with Crippen molar-refractivity contribution in [2.45, 2.75) is 24.6 Å². The van der Waals surface area contributed by atoms with Gasteiger partial charge < -0.3 is 0 Å². The molecule has 0 amide bonds. The van der Waals surface area contributed by atoms with Gasteiger partial charge >= 0.3 is 0 Å². The molecule has 0 aliphatic heterocycles. The molecule has 2 atom stereocenters. The van der Waals surface area contributed by atoms with E-state index in [0.29, 0.717) is 5.92 Å². The highest BCUT2D eigenvalue weighted by Gasteiger charge is 2.14. The van der Waals surface area contributed by atoms with Gasteiger partial charge in [0.15, 0.2) is 0 Å². The summed E-state index contributed by atoms with van der Waals surface area (Å²) < 4.78 is 0. The molecule has 0 aromatic heterocycles. The minimum atomic E-state index is -0.170. The Bertz CT molecular complexity index is 51.5. The Labute approximate surface area is 61.2 Å². The van der Waals surface area contributed by atoms with Crippen molar-refractivity contribution < 1.29 is 0 Å². The van der Waals surface area contributed by atoms with Crippen molar-refractivity contribution in [2.75, 3.05) is 0 Å². The SMILES string of the molecule is [CH2]C(Cl)C(Cl)C(C)C. The van der Waals surface area contributed by atoms with Crippen LogP contribution in [0.5, 0.6) is 0 Å². The maximum Gasteiger partial charge on any atom is 0.0522 e. The summed E-state index contributed by atoms with van der Waals surface area (Å²) >= 11 is 11.3. The Balaban J connectivity index is 3.46. The molecule has 0 bridgehead atoms. The molecule has 8 heavy (non-hydrogen) atoms. The molecule has 0 aliphatic carbocycles. The zero-order chi connectivity index (χ0) is 6.73. The van der Waals surface area contributed by atoms with Crippen LogP contribution in [0.4, 0.5) is 0 Å². The number of alkyl halides is 2. The zero-order valence-electron chi connectivity index (χ0n) is 5.20. The van der Waals surface area contributed by atoms with Crippen molar-refractivity contribution in [3.8, 4) is 0 Å². The van der Waals surface area contributed by atoms with E-state index in [1.807, 2.05) is 13.8 Å². The summed E-state index contributed by atoms with van der Waals surface area (Å²) in [6, 6.07) is 0. The van der Waals surface area contributed by atoms with E-state index in [9.17, 15) is 0 Å². The number of rotatable bonds is 2. The predicted molar refractivity (Wildman–Crippen MR) is 39.5 cm³/mol. The molecule has 0 fully saturated rings. The molecule has 0 aliphatic rings. The quantitative estimate of drug-likeness (QED) is 0.536. The number of hydrogen-bond donors (Lipinski definition) is 0. The second-order valence-corrected chi connectivity index (χ2v) is 3.27. The Morgan fingerprint density at radius 3 is 1.62 bits per heavy atom. The van der Waals surface area contributed by atoms with Crippen molar-refractivity contribution in [1.29, 1.82) is 0 Å². The Morgan fingerprint density at radius 1 is 1.25 bits per heavy atom. The molecule has 2 unspecified atom stereocenters. The van der Waals surface area contributed by atoms with Gasteiger partial charge in [-0.2, -0.15) is 0 Å². The average Bonchev–Trinajstić information content (AvgIpc) is 1.64. The topological polar surface area (TPSA) is 0 Å². The first-order chi connectivity index (χ1) is 3.55. The Morgan fingerprint density at radius 2 is 1.62 bits per heavy atom. The van der Waals surface area contributed by atoms with Crippen LogP contribution in [0.15, 0.2) is 0 Å². The third kappa shape index (κ3) is 2.78. The molecule has 49 valence electrons. The molecule has 0 aromatic rings. The van der Waals surface area contributed by atoms with E-state index < -0.39 is 0 Å². The number of hydrogen-bond acceptors (Lipinski definition) is 0. The highest BCUT2D eigenvalue weighted by molar-refractivity contribution is 6.30. The summed E-state index contributed by atoms with van der Waals surface area (Å²) in [6.07, 6.45) is 0. The van der Waals surface area contributed by atoms with Gasteiger partial charge in [0.1, 0.15) is 0 Å². The lowest BCUT2D eigenvalue weighted by atomic mass is 10.1. The summed E-state index contributed by atoms with van der Waals surface area (Å²) in [5.74, 6) is 0.414.